The van der Waals surface area contributed by atoms with Crippen LogP contribution in [-0.2, 0) is 4.79 Å². The Morgan fingerprint density at radius 3 is 2.69 bits per heavy atom. The van der Waals surface area contributed by atoms with Crippen molar-refractivity contribution in [1.29, 1.82) is 0 Å². The first-order valence-electron chi connectivity index (χ1n) is 4.03. The van der Waals surface area contributed by atoms with Gasteiger partial charge in [0.1, 0.15) is 0 Å². The number of hydrogen-bond acceptors (Lipinski definition) is 1. The minimum Gasteiger partial charge on any atom is -0.337 e. The first-order valence-corrected chi connectivity index (χ1v) is 4.82. The van der Waals surface area contributed by atoms with Crippen molar-refractivity contribution in [3.05, 3.63) is 34.4 Å². The van der Waals surface area contributed by atoms with E-state index in [2.05, 4.69) is 22.5 Å². The number of likely N-dealkylation sites (tertiary alicyclic amines) is 1. The molecular formula is C10H12BrNO. The molecule has 0 aromatic carbocycles. The van der Waals surface area contributed by atoms with E-state index in [1.807, 2.05) is 19.1 Å². The maximum Gasteiger partial charge on any atom is 0.254 e. The zero-order valence-electron chi connectivity index (χ0n) is 7.80. The minimum atomic E-state index is 0.0452. The molecule has 0 aromatic heterocycles. The molecule has 0 spiro atoms. The second kappa shape index (κ2) is 3.92. The first kappa shape index (κ1) is 10.3. The lowest BCUT2D eigenvalue weighted by molar-refractivity contribution is -0.123. The van der Waals surface area contributed by atoms with Crippen LogP contribution in [0, 0.1) is 0 Å². The van der Waals surface area contributed by atoms with Gasteiger partial charge in [-0.25, -0.2) is 0 Å². The van der Waals surface area contributed by atoms with Gasteiger partial charge in [-0.15, -0.1) is 0 Å². The van der Waals surface area contributed by atoms with E-state index in [1.54, 1.807) is 11.9 Å². The van der Waals surface area contributed by atoms with Crippen molar-refractivity contribution in [1.82, 2.24) is 4.90 Å². The van der Waals surface area contributed by atoms with Crippen molar-refractivity contribution in [2.45, 2.75) is 6.92 Å². The quantitative estimate of drug-likeness (QED) is 0.646. The molecule has 1 aliphatic heterocycles. The zero-order chi connectivity index (χ0) is 10.0. The summed E-state index contributed by atoms with van der Waals surface area (Å²) in [7, 11) is 1.78. The average molecular weight is 242 g/mol. The monoisotopic (exact) mass is 241 g/mol. The molecule has 13 heavy (non-hydrogen) atoms. The third kappa shape index (κ3) is 2.10. The molecule has 1 rings (SSSR count). The molecule has 0 bridgehead atoms. The van der Waals surface area contributed by atoms with Crippen molar-refractivity contribution < 1.29 is 4.79 Å². The highest BCUT2D eigenvalue weighted by Crippen LogP contribution is 2.23. The molecule has 0 aromatic rings. The molecule has 1 fully saturated rings. The van der Waals surface area contributed by atoms with E-state index < -0.39 is 0 Å². The number of allylic oxidation sites excluding steroid dienone is 3. The van der Waals surface area contributed by atoms with Crippen LogP contribution in [0.3, 0.4) is 0 Å². The highest BCUT2D eigenvalue weighted by Gasteiger charge is 2.25. The highest BCUT2D eigenvalue weighted by atomic mass is 79.9. The minimum absolute atomic E-state index is 0.0452. The number of hydrogen-bond donors (Lipinski definition) is 0. The fourth-order valence-corrected chi connectivity index (χ4v) is 1.41. The van der Waals surface area contributed by atoms with Gasteiger partial charge in [0, 0.05) is 23.6 Å². The van der Waals surface area contributed by atoms with Crippen molar-refractivity contribution in [3.63, 3.8) is 0 Å². The van der Waals surface area contributed by atoms with Gasteiger partial charge in [-0.2, -0.15) is 0 Å². The lowest BCUT2D eigenvalue weighted by Crippen LogP contribution is -2.19. The summed E-state index contributed by atoms with van der Waals surface area (Å²) in [4.78, 5) is 13.2. The summed E-state index contributed by atoms with van der Waals surface area (Å²) in [6.07, 6.45) is 3.71. The molecule has 1 saturated heterocycles. The molecule has 1 aliphatic rings. The Morgan fingerprint density at radius 2 is 2.31 bits per heavy atom. The van der Waals surface area contributed by atoms with E-state index in [4.69, 9.17) is 0 Å². The van der Waals surface area contributed by atoms with E-state index in [0.29, 0.717) is 12.1 Å². The highest BCUT2D eigenvalue weighted by molar-refractivity contribution is 9.11. The lowest BCUT2D eigenvalue weighted by atomic mass is 10.1. The molecule has 0 radical (unpaired) electrons. The van der Waals surface area contributed by atoms with Crippen LogP contribution < -0.4 is 0 Å². The molecule has 0 saturated carbocycles. The van der Waals surface area contributed by atoms with Crippen molar-refractivity contribution >= 4 is 21.8 Å². The van der Waals surface area contributed by atoms with Crippen molar-refractivity contribution in [2.75, 3.05) is 13.6 Å². The van der Waals surface area contributed by atoms with E-state index >= 15 is 0 Å². The van der Waals surface area contributed by atoms with Gasteiger partial charge >= 0.3 is 0 Å². The largest absolute Gasteiger partial charge is 0.337 e. The summed E-state index contributed by atoms with van der Waals surface area (Å²) in [6.45, 7) is 6.39. The molecule has 70 valence electrons. The topological polar surface area (TPSA) is 20.3 Å². The Balaban J connectivity index is 2.99. The van der Waals surface area contributed by atoms with Crippen LogP contribution in [-0.4, -0.2) is 24.4 Å². The Kier molecular flexibility index (Phi) is 3.09. The van der Waals surface area contributed by atoms with Gasteiger partial charge < -0.3 is 4.90 Å². The third-order valence-electron chi connectivity index (χ3n) is 1.94. The molecular weight excluding hydrogens is 230 g/mol. The first-order chi connectivity index (χ1) is 6.06. The summed E-state index contributed by atoms with van der Waals surface area (Å²) >= 11 is 3.33. The second-order valence-corrected chi connectivity index (χ2v) is 3.91. The zero-order valence-corrected chi connectivity index (χ0v) is 9.39. The molecule has 0 N–H and O–H groups in total. The fraction of sp³-hybridized carbons (Fsp3) is 0.300. The summed E-state index contributed by atoms with van der Waals surface area (Å²) in [5.74, 6) is 0.0452. The van der Waals surface area contributed by atoms with Crippen LogP contribution in [0.4, 0.5) is 0 Å². The number of halogens is 1. The summed E-state index contributed by atoms with van der Waals surface area (Å²) in [5.41, 5.74) is 1.58. The van der Waals surface area contributed by atoms with Crippen LogP contribution in [0.2, 0.25) is 0 Å². The number of carbonyl (C=O) groups is 1. The summed E-state index contributed by atoms with van der Waals surface area (Å²) < 4.78 is 0.910. The molecule has 0 unspecified atom stereocenters. The summed E-state index contributed by atoms with van der Waals surface area (Å²) in [5, 5.41) is 0. The number of likely N-dealkylation sites (N-methyl/N-ethyl adjacent to an activating group) is 1. The molecule has 0 atom stereocenters. The smallest absolute Gasteiger partial charge is 0.254 e. The standard InChI is InChI=1S/C10H12BrNO/c1-4-8(11)5-9-7(2)6-12(3)10(9)13/h4-5H,2,6H2,1,3H3/b8-4+,9-5+. The van der Waals surface area contributed by atoms with Crippen molar-refractivity contribution in [3.8, 4) is 0 Å². The van der Waals surface area contributed by atoms with Gasteiger partial charge in [0.15, 0.2) is 0 Å². The van der Waals surface area contributed by atoms with Crippen LogP contribution in [0.5, 0.6) is 0 Å². The molecule has 1 heterocycles. The molecule has 0 aliphatic carbocycles. The fourth-order valence-electron chi connectivity index (χ4n) is 1.19. The van der Waals surface area contributed by atoms with E-state index in [1.165, 1.54) is 0 Å². The SMILES string of the molecule is C=C1CN(C)C(=O)/C1=C/C(Br)=C\C. The molecule has 3 heteroatoms. The number of rotatable bonds is 1. The van der Waals surface area contributed by atoms with Gasteiger partial charge in [0.05, 0.1) is 0 Å². The third-order valence-corrected chi connectivity index (χ3v) is 2.63. The van der Waals surface area contributed by atoms with Crippen molar-refractivity contribution in [2.24, 2.45) is 0 Å². The van der Waals surface area contributed by atoms with Gasteiger partial charge in [0.2, 0.25) is 0 Å². The van der Waals surface area contributed by atoms with Gasteiger partial charge in [-0.1, -0.05) is 28.6 Å². The number of nitrogens with zero attached hydrogens (tertiary/aromatic N) is 1. The normalized spacial score (nSPS) is 21.9. The van der Waals surface area contributed by atoms with Gasteiger partial charge in [-0.3, -0.25) is 4.79 Å². The number of amides is 1. The van der Waals surface area contributed by atoms with Crippen LogP contribution in [0.1, 0.15) is 6.92 Å². The van der Waals surface area contributed by atoms with Crippen LogP contribution in [0.15, 0.2) is 34.4 Å². The predicted molar refractivity (Wildman–Crippen MR) is 57.5 cm³/mol. The maximum atomic E-state index is 11.5. The van der Waals surface area contributed by atoms with Gasteiger partial charge in [-0.05, 0) is 18.6 Å². The average Bonchev–Trinajstić information content (AvgIpc) is 2.32. The maximum absolute atomic E-state index is 11.5. The number of carbonyl (C=O) groups excluding carboxylic acids is 1. The lowest BCUT2D eigenvalue weighted by Gasteiger charge is -2.03. The molecule has 1 amide bonds. The predicted octanol–water partition coefficient (Wildman–Crippen LogP) is 2.24. The Morgan fingerprint density at radius 1 is 1.69 bits per heavy atom. The Hall–Kier alpha value is -0.830. The van der Waals surface area contributed by atoms with Crippen LogP contribution in [0.25, 0.3) is 0 Å². The van der Waals surface area contributed by atoms with Crippen LogP contribution >= 0.6 is 15.9 Å². The van der Waals surface area contributed by atoms with E-state index in [-0.39, 0.29) is 5.91 Å². The van der Waals surface area contributed by atoms with E-state index in [0.717, 1.165) is 10.1 Å². The summed E-state index contributed by atoms with van der Waals surface area (Å²) in [6, 6.07) is 0. The Bertz CT molecular complexity index is 315. The second-order valence-electron chi connectivity index (χ2n) is 3.00. The van der Waals surface area contributed by atoms with E-state index in [9.17, 15) is 4.79 Å². The molecule has 2 nitrogen and oxygen atoms in total. The van der Waals surface area contributed by atoms with Gasteiger partial charge in [0.25, 0.3) is 5.91 Å². The Labute approximate surface area is 86.7 Å².